The number of benzene rings is 3. The van der Waals surface area contributed by atoms with Gasteiger partial charge in [-0.3, -0.25) is 4.79 Å². The van der Waals surface area contributed by atoms with Crippen LogP contribution in [0.5, 0.6) is 5.75 Å². The molecule has 0 aliphatic heterocycles. The molecule has 0 spiro atoms. The zero-order valence-corrected chi connectivity index (χ0v) is 29.8. The van der Waals surface area contributed by atoms with Gasteiger partial charge in [0.25, 0.3) is 0 Å². The molecule has 0 unspecified atom stereocenters. The van der Waals surface area contributed by atoms with Gasteiger partial charge < -0.3 is 24.8 Å². The summed E-state index contributed by atoms with van der Waals surface area (Å²) in [4.78, 5) is 27.3. The lowest BCUT2D eigenvalue weighted by atomic mass is 9.84. The highest BCUT2D eigenvalue weighted by atomic mass is 28.3. The third kappa shape index (κ3) is 10.3. The van der Waals surface area contributed by atoms with Gasteiger partial charge in [-0.25, -0.2) is 9.48 Å². The number of aryl methyl sites for hydroxylation is 1. The first-order valence-corrected chi connectivity index (χ1v) is 19.7. The molecule has 0 fully saturated rings. The van der Waals surface area contributed by atoms with Crippen LogP contribution in [0.15, 0.2) is 85.1 Å². The van der Waals surface area contributed by atoms with E-state index in [-0.39, 0.29) is 0 Å². The van der Waals surface area contributed by atoms with Gasteiger partial charge in [-0.2, -0.15) is 5.10 Å². The summed E-state index contributed by atoms with van der Waals surface area (Å²) in [6, 6.07) is 24.9. The van der Waals surface area contributed by atoms with Crippen LogP contribution in [-0.2, 0) is 21.0 Å². The maximum absolute atomic E-state index is 14.2. The number of nitrogens with one attached hydrogen (secondary N) is 2. The van der Waals surface area contributed by atoms with E-state index >= 15 is 0 Å². The first kappa shape index (κ1) is 35.4. The highest BCUT2D eigenvalue weighted by molar-refractivity contribution is 6.76. The molecule has 10 heteroatoms. The number of nitrogens with zero attached hydrogens (tertiary/aromatic N) is 2. The van der Waals surface area contributed by atoms with Gasteiger partial charge in [-0.1, -0.05) is 80.3 Å². The van der Waals surface area contributed by atoms with Gasteiger partial charge in [0, 0.05) is 49.7 Å². The minimum atomic E-state index is -1.18. The van der Waals surface area contributed by atoms with Gasteiger partial charge in [0.2, 0.25) is 5.91 Å². The van der Waals surface area contributed by atoms with Gasteiger partial charge in [0.05, 0.1) is 12.8 Å². The number of rotatable bonds is 13. The molecular weight excluding hydrogens is 609 g/mol. The fourth-order valence-electron chi connectivity index (χ4n) is 5.23. The summed E-state index contributed by atoms with van der Waals surface area (Å²) in [5.41, 5.74) is 4.11. The lowest BCUT2D eigenvalue weighted by molar-refractivity contribution is -0.118. The maximum Gasteiger partial charge on any atom is 0.408 e. The van der Waals surface area contributed by atoms with Crippen molar-refractivity contribution in [2.24, 2.45) is 0 Å². The number of hydrogen-bond donors (Lipinski definition) is 2. The maximum atomic E-state index is 14.2. The zero-order chi connectivity index (χ0) is 34.2. The van der Waals surface area contributed by atoms with Gasteiger partial charge in [-0.05, 0) is 57.0 Å². The van der Waals surface area contributed by atoms with Crippen LogP contribution in [0.2, 0.25) is 25.7 Å². The molecule has 0 aliphatic rings. The van der Waals surface area contributed by atoms with Crippen molar-refractivity contribution >= 4 is 25.8 Å². The second-order valence-electron chi connectivity index (χ2n) is 13.8. The predicted molar refractivity (Wildman–Crippen MR) is 190 cm³/mol. The van der Waals surface area contributed by atoms with Crippen molar-refractivity contribution in [2.75, 3.05) is 19.0 Å². The van der Waals surface area contributed by atoms with E-state index in [0.29, 0.717) is 24.8 Å². The Morgan fingerprint density at radius 3 is 2.09 bits per heavy atom. The molecule has 1 aromatic heterocycles. The summed E-state index contributed by atoms with van der Waals surface area (Å²) >= 11 is 0. The molecule has 47 heavy (non-hydrogen) atoms. The summed E-state index contributed by atoms with van der Waals surface area (Å²) in [5.74, 6) is -0.320. The topological polar surface area (TPSA) is 104 Å². The molecule has 0 bridgehead atoms. The third-order valence-corrected chi connectivity index (χ3v) is 9.24. The minimum absolute atomic E-state index is 0.373. The molecule has 0 aliphatic carbocycles. The van der Waals surface area contributed by atoms with E-state index < -0.39 is 37.6 Å². The van der Waals surface area contributed by atoms with Gasteiger partial charge in [0.15, 0.2) is 0 Å². The predicted octanol–water partition coefficient (Wildman–Crippen LogP) is 7.84. The van der Waals surface area contributed by atoms with E-state index in [1.54, 1.807) is 38.6 Å². The molecule has 2 amide bonds. The molecular formula is C37H48N4O5Si. The van der Waals surface area contributed by atoms with Crippen LogP contribution < -0.4 is 15.4 Å². The summed E-state index contributed by atoms with van der Waals surface area (Å²) in [5, 5.41) is 10.5. The SMILES string of the molecule is COc1cc(NC(=O)[C@@H](NC(=O)OC(C)(C)C)C(c2ccccc2)c2ccccc2)ccc1-c1cn(COCC[Si](C)(C)C)nc1C. The molecule has 250 valence electrons. The monoisotopic (exact) mass is 656 g/mol. The Balaban J connectivity index is 1.61. The van der Waals surface area contributed by atoms with Crippen LogP contribution in [0.25, 0.3) is 11.1 Å². The van der Waals surface area contributed by atoms with Crippen molar-refractivity contribution in [2.45, 2.75) is 77.7 Å². The number of anilines is 1. The molecule has 9 nitrogen and oxygen atoms in total. The van der Waals surface area contributed by atoms with Crippen LogP contribution in [0, 0.1) is 6.92 Å². The summed E-state index contributed by atoms with van der Waals surface area (Å²) < 4.78 is 19.1. The van der Waals surface area contributed by atoms with E-state index in [1.807, 2.05) is 85.9 Å². The average molecular weight is 657 g/mol. The molecule has 4 aromatic rings. The Hall–Kier alpha value is -4.41. The molecule has 4 rings (SSSR count). The Morgan fingerprint density at radius 2 is 1.53 bits per heavy atom. The van der Waals surface area contributed by atoms with E-state index in [1.165, 1.54) is 0 Å². The Labute approximate surface area is 279 Å². The summed E-state index contributed by atoms with van der Waals surface area (Å²) in [6.45, 7) is 15.4. The van der Waals surface area contributed by atoms with E-state index in [2.05, 4.69) is 35.4 Å². The van der Waals surface area contributed by atoms with Crippen molar-refractivity contribution in [3.63, 3.8) is 0 Å². The van der Waals surface area contributed by atoms with Crippen molar-refractivity contribution in [1.29, 1.82) is 0 Å². The number of carbonyl (C=O) groups is 2. The Bertz CT molecular complexity index is 1590. The normalized spacial score (nSPS) is 12.4. The molecule has 1 heterocycles. The summed E-state index contributed by atoms with van der Waals surface area (Å²) in [7, 11) is 0.417. The first-order valence-electron chi connectivity index (χ1n) is 15.9. The third-order valence-electron chi connectivity index (χ3n) is 7.53. The number of aromatic nitrogens is 2. The van der Waals surface area contributed by atoms with Gasteiger partial charge in [-0.15, -0.1) is 0 Å². The fourth-order valence-corrected chi connectivity index (χ4v) is 5.99. The van der Waals surface area contributed by atoms with Crippen molar-refractivity contribution < 1.29 is 23.8 Å². The van der Waals surface area contributed by atoms with Gasteiger partial charge in [0.1, 0.15) is 24.1 Å². The molecule has 3 aromatic carbocycles. The average Bonchev–Trinajstić information content (AvgIpc) is 3.38. The van der Waals surface area contributed by atoms with Crippen molar-refractivity contribution in [3.05, 3.63) is 102 Å². The van der Waals surface area contributed by atoms with E-state index in [4.69, 9.17) is 14.2 Å². The molecule has 0 saturated heterocycles. The highest BCUT2D eigenvalue weighted by Gasteiger charge is 2.34. The molecule has 0 radical (unpaired) electrons. The van der Waals surface area contributed by atoms with Crippen molar-refractivity contribution in [1.82, 2.24) is 15.1 Å². The van der Waals surface area contributed by atoms with Crippen LogP contribution in [0.3, 0.4) is 0 Å². The Kier molecular flexibility index (Phi) is 11.7. The molecule has 0 saturated carbocycles. The lowest BCUT2D eigenvalue weighted by Gasteiger charge is -2.29. The second kappa shape index (κ2) is 15.5. The number of hydrogen-bond acceptors (Lipinski definition) is 6. The molecule has 1 atom stereocenters. The number of ether oxygens (including phenoxy) is 3. The van der Waals surface area contributed by atoms with Crippen LogP contribution >= 0.6 is 0 Å². The van der Waals surface area contributed by atoms with Crippen LogP contribution in [0.4, 0.5) is 10.5 Å². The van der Waals surface area contributed by atoms with E-state index in [9.17, 15) is 9.59 Å². The fraction of sp³-hybridized carbons (Fsp3) is 0.378. The van der Waals surface area contributed by atoms with Gasteiger partial charge >= 0.3 is 6.09 Å². The largest absolute Gasteiger partial charge is 0.496 e. The number of alkyl carbamates (subject to hydrolysis) is 1. The van der Waals surface area contributed by atoms with Crippen molar-refractivity contribution in [3.8, 4) is 16.9 Å². The number of carbonyl (C=O) groups excluding carboxylic acids is 2. The number of methoxy groups -OCH3 is 1. The van der Waals surface area contributed by atoms with E-state index in [0.717, 1.165) is 34.0 Å². The Morgan fingerprint density at radius 1 is 0.915 bits per heavy atom. The van der Waals surface area contributed by atoms with Crippen LogP contribution in [0.1, 0.15) is 43.5 Å². The summed E-state index contributed by atoms with van der Waals surface area (Å²) in [6.07, 6.45) is 1.27. The second-order valence-corrected chi connectivity index (χ2v) is 19.5. The zero-order valence-electron chi connectivity index (χ0n) is 28.8. The standard InChI is InChI=1S/C37H48N4O5Si/c1-26-31(24-41(40-26)25-45-21-22-47(6,7)8)30-20-19-29(23-32(30)44-5)38-35(42)34(39-36(43)46-37(2,3)4)33(27-15-11-9-12-16-27)28-17-13-10-14-18-28/h9-20,23-24,33-34H,21-22,25H2,1-8H3,(H,38,42)(H,39,43)/t34-/m0/s1. The molecule has 2 N–H and O–H groups in total. The first-order chi connectivity index (χ1) is 22.2. The quantitative estimate of drug-likeness (QED) is 0.112. The number of amides is 2. The lowest BCUT2D eigenvalue weighted by Crippen LogP contribution is -2.49. The minimum Gasteiger partial charge on any atom is -0.496 e. The smallest absolute Gasteiger partial charge is 0.408 e. The highest BCUT2D eigenvalue weighted by Crippen LogP contribution is 2.35. The van der Waals surface area contributed by atoms with Crippen LogP contribution in [-0.4, -0.2) is 55.2 Å².